The second-order valence-electron chi connectivity index (χ2n) is 7.90. The average molecular weight is 435 g/mol. The van der Waals surface area contributed by atoms with Gasteiger partial charge < -0.3 is 4.42 Å². The van der Waals surface area contributed by atoms with Crippen LogP contribution in [0.2, 0.25) is 5.02 Å². The van der Waals surface area contributed by atoms with Crippen LogP contribution in [0.25, 0.3) is 64.0 Å². The van der Waals surface area contributed by atoms with Gasteiger partial charge in [-0.15, -0.1) is 11.3 Å². The summed E-state index contributed by atoms with van der Waals surface area (Å²) in [5.41, 5.74) is 4.03. The van der Waals surface area contributed by atoms with Crippen LogP contribution in [0, 0.1) is 0 Å². The monoisotopic (exact) mass is 434 g/mol. The smallest absolute Gasteiger partial charge is 0.143 e. The normalized spacial score (nSPS) is 12.0. The maximum absolute atomic E-state index is 6.28. The maximum Gasteiger partial charge on any atom is 0.143 e. The summed E-state index contributed by atoms with van der Waals surface area (Å²) in [6.45, 7) is 0. The number of para-hydroxylation sites is 1. The van der Waals surface area contributed by atoms with Crippen molar-refractivity contribution in [2.75, 3.05) is 0 Å². The van der Waals surface area contributed by atoms with Crippen molar-refractivity contribution < 1.29 is 4.42 Å². The molecule has 31 heavy (non-hydrogen) atoms. The Morgan fingerprint density at radius 2 is 1.55 bits per heavy atom. The van der Waals surface area contributed by atoms with Crippen molar-refractivity contribution in [3.63, 3.8) is 0 Å². The minimum Gasteiger partial charge on any atom is -0.455 e. The van der Waals surface area contributed by atoms with Crippen LogP contribution in [-0.2, 0) is 0 Å². The molecule has 146 valence electrons. The van der Waals surface area contributed by atoms with E-state index in [0.29, 0.717) is 0 Å². The molecule has 1 nitrogen and oxygen atoms in total. The molecule has 0 saturated carbocycles. The van der Waals surface area contributed by atoms with Crippen LogP contribution in [0.1, 0.15) is 0 Å². The number of fused-ring (bicyclic) bond motifs is 8. The Morgan fingerprint density at radius 3 is 2.52 bits per heavy atom. The number of rotatable bonds is 1. The molecule has 2 aromatic heterocycles. The minimum absolute atomic E-state index is 0.721. The van der Waals surface area contributed by atoms with E-state index in [4.69, 9.17) is 16.0 Å². The molecule has 0 unspecified atom stereocenters. The average Bonchev–Trinajstić information content (AvgIpc) is 3.36. The van der Waals surface area contributed by atoms with E-state index in [1.165, 1.54) is 30.9 Å². The third kappa shape index (κ3) is 2.49. The molecule has 0 aliphatic carbocycles. The molecule has 0 atom stereocenters. The second kappa shape index (κ2) is 6.34. The van der Waals surface area contributed by atoms with Crippen molar-refractivity contribution in [1.82, 2.24) is 0 Å². The van der Waals surface area contributed by atoms with Gasteiger partial charge in [0.25, 0.3) is 0 Å². The van der Waals surface area contributed by atoms with Gasteiger partial charge in [-0.05, 0) is 46.7 Å². The Morgan fingerprint density at radius 1 is 0.645 bits per heavy atom. The molecular formula is C28H15ClOS. The number of halogens is 1. The maximum atomic E-state index is 6.28. The zero-order chi connectivity index (χ0) is 20.5. The van der Waals surface area contributed by atoms with E-state index in [1.807, 2.05) is 29.5 Å². The van der Waals surface area contributed by atoms with Crippen molar-refractivity contribution in [2.45, 2.75) is 0 Å². The van der Waals surface area contributed by atoms with Gasteiger partial charge in [-0.25, -0.2) is 0 Å². The molecule has 3 heteroatoms. The van der Waals surface area contributed by atoms with E-state index in [-0.39, 0.29) is 0 Å². The number of benzene rings is 5. The van der Waals surface area contributed by atoms with Crippen molar-refractivity contribution in [1.29, 1.82) is 0 Å². The van der Waals surface area contributed by atoms with Gasteiger partial charge in [0, 0.05) is 41.5 Å². The molecule has 0 saturated heterocycles. The van der Waals surface area contributed by atoms with E-state index < -0.39 is 0 Å². The molecule has 0 amide bonds. The molecule has 0 aliphatic rings. The molecular weight excluding hydrogens is 420 g/mol. The summed E-state index contributed by atoms with van der Waals surface area (Å²) >= 11 is 8.11. The zero-order valence-corrected chi connectivity index (χ0v) is 17.9. The van der Waals surface area contributed by atoms with Crippen LogP contribution < -0.4 is 0 Å². The summed E-state index contributed by atoms with van der Waals surface area (Å²) in [5, 5.41) is 8.07. The van der Waals surface area contributed by atoms with Crippen molar-refractivity contribution in [3.05, 3.63) is 96.0 Å². The van der Waals surface area contributed by atoms with E-state index in [1.54, 1.807) is 0 Å². The summed E-state index contributed by atoms with van der Waals surface area (Å²) in [6, 6.07) is 32.0. The predicted octanol–water partition coefficient (Wildman–Crippen LogP) is 9.43. The fourth-order valence-corrected chi connectivity index (χ4v) is 6.06. The highest BCUT2D eigenvalue weighted by Gasteiger charge is 2.14. The van der Waals surface area contributed by atoms with Gasteiger partial charge in [0.15, 0.2) is 0 Å². The molecule has 0 bridgehead atoms. The van der Waals surface area contributed by atoms with Gasteiger partial charge in [-0.3, -0.25) is 0 Å². The van der Waals surface area contributed by atoms with Gasteiger partial charge in [0.1, 0.15) is 11.2 Å². The molecule has 0 aliphatic heterocycles. The van der Waals surface area contributed by atoms with Crippen molar-refractivity contribution in [2.24, 2.45) is 0 Å². The standard InChI is InChI=1S/C28H15ClOS/c29-18-10-12-25-23(15-18)21-7-3-6-19(27(21)30-25)17-9-13-26-24(14-17)22-11-8-16-4-1-2-5-20(16)28(22)31-26/h1-15H. The predicted molar refractivity (Wildman–Crippen MR) is 135 cm³/mol. The van der Waals surface area contributed by atoms with E-state index in [9.17, 15) is 0 Å². The first kappa shape index (κ1) is 17.4. The molecule has 0 spiro atoms. The van der Waals surface area contributed by atoms with Gasteiger partial charge in [0.2, 0.25) is 0 Å². The minimum atomic E-state index is 0.721. The lowest BCUT2D eigenvalue weighted by atomic mass is 9.99. The highest BCUT2D eigenvalue weighted by atomic mass is 35.5. The molecule has 2 heterocycles. The van der Waals surface area contributed by atoms with Crippen LogP contribution in [0.5, 0.6) is 0 Å². The highest BCUT2D eigenvalue weighted by Crippen LogP contribution is 2.42. The molecule has 0 fully saturated rings. The topological polar surface area (TPSA) is 13.1 Å². The Kier molecular flexibility index (Phi) is 3.55. The van der Waals surface area contributed by atoms with Gasteiger partial charge in [-0.2, -0.15) is 0 Å². The SMILES string of the molecule is Clc1ccc2oc3c(-c4ccc5sc6c7ccccc7ccc6c5c4)cccc3c2c1. The summed E-state index contributed by atoms with van der Waals surface area (Å²) in [6.07, 6.45) is 0. The summed E-state index contributed by atoms with van der Waals surface area (Å²) in [7, 11) is 0. The molecule has 5 aromatic carbocycles. The van der Waals surface area contributed by atoms with Crippen molar-refractivity contribution in [3.8, 4) is 11.1 Å². The van der Waals surface area contributed by atoms with E-state index in [0.717, 1.165) is 38.1 Å². The number of furan rings is 1. The molecule has 7 rings (SSSR count). The summed E-state index contributed by atoms with van der Waals surface area (Å²) < 4.78 is 8.93. The van der Waals surface area contributed by atoms with E-state index >= 15 is 0 Å². The second-order valence-corrected chi connectivity index (χ2v) is 9.39. The van der Waals surface area contributed by atoms with E-state index in [2.05, 4.69) is 72.8 Å². The quantitative estimate of drug-likeness (QED) is 0.251. The Hall–Kier alpha value is -3.33. The summed E-state index contributed by atoms with van der Waals surface area (Å²) in [5.74, 6) is 0. The Bertz CT molecular complexity index is 1810. The molecule has 7 aromatic rings. The van der Waals surface area contributed by atoms with Crippen LogP contribution in [-0.4, -0.2) is 0 Å². The third-order valence-electron chi connectivity index (χ3n) is 6.13. The lowest BCUT2D eigenvalue weighted by Gasteiger charge is -2.04. The lowest BCUT2D eigenvalue weighted by molar-refractivity contribution is 0.670. The Labute approximate surface area is 187 Å². The number of hydrogen-bond acceptors (Lipinski definition) is 2. The first-order valence-corrected chi connectivity index (χ1v) is 11.4. The fraction of sp³-hybridized carbons (Fsp3) is 0. The van der Waals surface area contributed by atoms with Crippen LogP contribution in [0.15, 0.2) is 95.4 Å². The van der Waals surface area contributed by atoms with Gasteiger partial charge >= 0.3 is 0 Å². The van der Waals surface area contributed by atoms with Gasteiger partial charge in [-0.1, -0.05) is 72.3 Å². The van der Waals surface area contributed by atoms with Crippen LogP contribution in [0.3, 0.4) is 0 Å². The Balaban J connectivity index is 1.52. The fourth-order valence-electron chi connectivity index (χ4n) is 4.67. The number of hydrogen-bond donors (Lipinski definition) is 0. The third-order valence-corrected chi connectivity index (χ3v) is 7.59. The van der Waals surface area contributed by atoms with Crippen LogP contribution >= 0.6 is 22.9 Å². The zero-order valence-electron chi connectivity index (χ0n) is 16.4. The lowest BCUT2D eigenvalue weighted by Crippen LogP contribution is -1.79. The highest BCUT2D eigenvalue weighted by molar-refractivity contribution is 7.26. The van der Waals surface area contributed by atoms with Crippen molar-refractivity contribution >= 4 is 75.8 Å². The number of thiophene rings is 1. The molecule has 0 radical (unpaired) electrons. The molecule has 0 N–H and O–H groups in total. The first-order chi connectivity index (χ1) is 15.3. The largest absolute Gasteiger partial charge is 0.455 e. The summed E-state index contributed by atoms with van der Waals surface area (Å²) in [4.78, 5) is 0. The first-order valence-electron chi connectivity index (χ1n) is 10.2. The van der Waals surface area contributed by atoms with Crippen LogP contribution in [0.4, 0.5) is 0 Å². The van der Waals surface area contributed by atoms with Gasteiger partial charge in [0.05, 0.1) is 0 Å².